The number of benzene rings is 2. The highest BCUT2D eigenvalue weighted by atomic mass is 16.5. The van der Waals surface area contributed by atoms with Gasteiger partial charge < -0.3 is 25.4 Å². The maximum atomic E-state index is 12.2. The smallest absolute Gasteiger partial charge is 0.323 e. The topological polar surface area (TPSA) is 134 Å². The van der Waals surface area contributed by atoms with Crippen LogP contribution in [0.4, 0.5) is 27.8 Å². The molecule has 2 aromatic carbocycles. The number of pyridine rings is 1. The van der Waals surface area contributed by atoms with E-state index in [4.69, 9.17) is 9.47 Å². The Morgan fingerprint density at radius 1 is 0.974 bits per heavy atom. The summed E-state index contributed by atoms with van der Waals surface area (Å²) in [7, 11) is 0. The predicted octanol–water partition coefficient (Wildman–Crippen LogP) is 5.36. The minimum atomic E-state index is -0.365. The second-order valence-corrected chi connectivity index (χ2v) is 8.54. The van der Waals surface area contributed by atoms with E-state index < -0.39 is 0 Å². The van der Waals surface area contributed by atoms with Gasteiger partial charge in [0.05, 0.1) is 36.4 Å². The number of urea groups is 1. The summed E-state index contributed by atoms with van der Waals surface area (Å²) < 4.78 is 11.4. The molecule has 3 heterocycles. The molecule has 3 N–H and O–H groups in total. The Bertz CT molecular complexity index is 1430. The van der Waals surface area contributed by atoms with Gasteiger partial charge in [0.15, 0.2) is 0 Å². The van der Waals surface area contributed by atoms with Gasteiger partial charge in [0, 0.05) is 42.2 Å². The molecule has 10 heteroatoms. The molecular weight excluding hydrogens is 482 g/mol. The van der Waals surface area contributed by atoms with Crippen LogP contribution in [0, 0.1) is 11.3 Å². The van der Waals surface area contributed by atoms with Crippen LogP contribution in [0.2, 0.25) is 0 Å². The number of amides is 2. The van der Waals surface area contributed by atoms with E-state index in [1.807, 2.05) is 24.3 Å². The molecule has 1 aliphatic rings. The molecule has 2 amide bonds. The Balaban J connectivity index is 1.23. The van der Waals surface area contributed by atoms with E-state index >= 15 is 0 Å². The zero-order valence-corrected chi connectivity index (χ0v) is 20.4. The number of hydrogen-bond donors (Lipinski definition) is 3. The highest BCUT2D eigenvalue weighted by molar-refractivity contribution is 5.99. The molecule has 0 unspecified atom stereocenters. The summed E-state index contributed by atoms with van der Waals surface area (Å²) in [6, 6.07) is 19.8. The molecule has 1 fully saturated rings. The first-order valence-electron chi connectivity index (χ1n) is 12.1. The van der Waals surface area contributed by atoms with Crippen LogP contribution in [0.3, 0.4) is 0 Å². The first-order chi connectivity index (χ1) is 18.7. The molecule has 1 aliphatic heterocycles. The van der Waals surface area contributed by atoms with E-state index in [-0.39, 0.29) is 12.1 Å². The average Bonchev–Trinajstić information content (AvgIpc) is 2.95. The van der Waals surface area contributed by atoms with Crippen molar-refractivity contribution >= 4 is 29.0 Å². The van der Waals surface area contributed by atoms with Crippen LogP contribution in [0.5, 0.6) is 5.75 Å². The molecule has 5 rings (SSSR count). The molecule has 10 nitrogen and oxygen atoms in total. The van der Waals surface area contributed by atoms with Gasteiger partial charge in [-0.3, -0.25) is 4.98 Å². The molecule has 0 atom stereocenters. The second-order valence-electron chi connectivity index (χ2n) is 8.54. The maximum absolute atomic E-state index is 12.2. The largest absolute Gasteiger partial charge is 0.489 e. The second kappa shape index (κ2) is 11.8. The van der Waals surface area contributed by atoms with E-state index in [9.17, 15) is 10.1 Å². The van der Waals surface area contributed by atoms with Crippen LogP contribution >= 0.6 is 0 Å². The molecule has 1 saturated heterocycles. The van der Waals surface area contributed by atoms with Gasteiger partial charge in [0.2, 0.25) is 5.95 Å². The first-order valence-corrected chi connectivity index (χ1v) is 12.1. The number of nitrogens with zero attached hydrogens (tertiary/aromatic N) is 4. The third-order valence-corrected chi connectivity index (χ3v) is 5.83. The van der Waals surface area contributed by atoms with Crippen molar-refractivity contribution < 1.29 is 14.3 Å². The molecule has 0 spiro atoms. The fraction of sp³-hybridized carbons (Fsp3) is 0.179. The predicted molar refractivity (Wildman–Crippen MR) is 143 cm³/mol. The van der Waals surface area contributed by atoms with Crippen molar-refractivity contribution in [2.24, 2.45) is 0 Å². The Labute approximate surface area is 219 Å². The standard InChI is InChI=1S/C28H25N7O3/c29-17-20-16-19(3-8-26(20)38-24-10-14-37-15-11-24)25-9-13-31-27(35-25)32-21-4-6-22(7-5-21)33-28(36)34-23-2-1-12-30-18-23/h1-9,12-13,16,18,24H,10-11,14-15H2,(H,31,32,35)(H2,33,34,36). The zero-order chi connectivity index (χ0) is 26.2. The SMILES string of the molecule is N#Cc1cc(-c2ccnc(Nc3ccc(NC(=O)Nc4cccnc4)cc3)n2)ccc1OC1CCOCC1. The van der Waals surface area contributed by atoms with Gasteiger partial charge >= 0.3 is 6.03 Å². The summed E-state index contributed by atoms with van der Waals surface area (Å²) >= 11 is 0. The van der Waals surface area contributed by atoms with Crippen molar-refractivity contribution in [3.8, 4) is 23.1 Å². The van der Waals surface area contributed by atoms with Crippen molar-refractivity contribution in [3.05, 3.63) is 84.8 Å². The van der Waals surface area contributed by atoms with Crippen LogP contribution in [0.1, 0.15) is 18.4 Å². The lowest BCUT2D eigenvalue weighted by molar-refractivity contribution is 0.0254. The normalized spacial score (nSPS) is 13.2. The number of ether oxygens (including phenoxy) is 2. The average molecular weight is 508 g/mol. The van der Waals surface area contributed by atoms with E-state index in [0.29, 0.717) is 47.5 Å². The van der Waals surface area contributed by atoms with E-state index in [2.05, 4.69) is 37.0 Å². The summed E-state index contributed by atoms with van der Waals surface area (Å²) in [6.45, 7) is 1.34. The van der Waals surface area contributed by atoms with Gasteiger partial charge in [0.25, 0.3) is 0 Å². The van der Waals surface area contributed by atoms with Gasteiger partial charge in [0.1, 0.15) is 17.9 Å². The number of nitriles is 1. The molecule has 0 bridgehead atoms. The lowest BCUT2D eigenvalue weighted by Crippen LogP contribution is -2.26. The van der Waals surface area contributed by atoms with Gasteiger partial charge in [-0.25, -0.2) is 14.8 Å². The molecule has 0 radical (unpaired) electrons. The highest BCUT2D eigenvalue weighted by Gasteiger charge is 2.17. The lowest BCUT2D eigenvalue weighted by Gasteiger charge is -2.23. The fourth-order valence-electron chi connectivity index (χ4n) is 3.93. The Hall–Kier alpha value is -5.01. The first kappa shape index (κ1) is 24.7. The Morgan fingerprint density at radius 2 is 1.76 bits per heavy atom. The van der Waals surface area contributed by atoms with Crippen molar-refractivity contribution in [3.63, 3.8) is 0 Å². The van der Waals surface area contributed by atoms with Gasteiger partial charge in [-0.05, 0) is 60.7 Å². The maximum Gasteiger partial charge on any atom is 0.323 e. The molecule has 190 valence electrons. The lowest BCUT2D eigenvalue weighted by atomic mass is 10.1. The Kier molecular flexibility index (Phi) is 7.67. The van der Waals surface area contributed by atoms with Crippen LogP contribution in [-0.2, 0) is 4.74 Å². The van der Waals surface area contributed by atoms with Gasteiger partial charge in [-0.1, -0.05) is 0 Å². The van der Waals surface area contributed by atoms with Crippen molar-refractivity contribution in [1.82, 2.24) is 15.0 Å². The zero-order valence-electron chi connectivity index (χ0n) is 20.4. The molecule has 4 aromatic rings. The number of rotatable bonds is 7. The highest BCUT2D eigenvalue weighted by Crippen LogP contribution is 2.28. The number of carbonyl (C=O) groups is 1. The van der Waals surface area contributed by atoms with Crippen LogP contribution in [0.25, 0.3) is 11.3 Å². The van der Waals surface area contributed by atoms with E-state index in [1.54, 1.807) is 55.0 Å². The summed E-state index contributed by atoms with van der Waals surface area (Å²) in [5.41, 5.74) is 3.88. The summed E-state index contributed by atoms with van der Waals surface area (Å²) in [5.74, 6) is 0.969. The number of carbonyl (C=O) groups excluding carboxylic acids is 1. The molecule has 0 saturated carbocycles. The van der Waals surface area contributed by atoms with Gasteiger partial charge in [-0.2, -0.15) is 5.26 Å². The van der Waals surface area contributed by atoms with Crippen molar-refractivity contribution in [1.29, 1.82) is 5.26 Å². The number of aromatic nitrogens is 3. The fourth-order valence-corrected chi connectivity index (χ4v) is 3.93. The minimum Gasteiger partial charge on any atom is -0.489 e. The summed E-state index contributed by atoms with van der Waals surface area (Å²) in [4.78, 5) is 25.1. The van der Waals surface area contributed by atoms with E-state index in [0.717, 1.165) is 24.1 Å². The molecule has 0 aliphatic carbocycles. The summed E-state index contributed by atoms with van der Waals surface area (Å²) in [6.07, 6.45) is 6.53. The van der Waals surface area contributed by atoms with E-state index in [1.165, 1.54) is 0 Å². The molecule has 2 aromatic heterocycles. The van der Waals surface area contributed by atoms with Crippen LogP contribution < -0.4 is 20.7 Å². The molecular formula is C28H25N7O3. The number of nitrogens with one attached hydrogen (secondary N) is 3. The monoisotopic (exact) mass is 507 g/mol. The minimum absolute atomic E-state index is 0.0497. The number of hydrogen-bond acceptors (Lipinski definition) is 8. The quantitative estimate of drug-likeness (QED) is 0.305. The van der Waals surface area contributed by atoms with Crippen molar-refractivity contribution in [2.45, 2.75) is 18.9 Å². The van der Waals surface area contributed by atoms with Crippen LogP contribution in [0.15, 0.2) is 79.3 Å². The molecule has 38 heavy (non-hydrogen) atoms. The van der Waals surface area contributed by atoms with Crippen molar-refractivity contribution in [2.75, 3.05) is 29.2 Å². The third kappa shape index (κ3) is 6.40. The number of anilines is 4. The third-order valence-electron chi connectivity index (χ3n) is 5.83. The van der Waals surface area contributed by atoms with Crippen LogP contribution in [-0.4, -0.2) is 40.3 Å². The van der Waals surface area contributed by atoms with Gasteiger partial charge in [-0.15, -0.1) is 0 Å². The summed E-state index contributed by atoms with van der Waals surface area (Å²) in [5, 5.41) is 18.3. The Morgan fingerprint density at radius 3 is 2.53 bits per heavy atom.